The monoisotopic (exact) mass is 324 g/mol. The van der Waals surface area contributed by atoms with E-state index in [9.17, 15) is 0 Å². The van der Waals surface area contributed by atoms with Gasteiger partial charge in [-0.2, -0.15) is 0 Å². The minimum atomic E-state index is 0.709. The Morgan fingerprint density at radius 1 is 1.17 bits per heavy atom. The molecule has 4 rings (SSSR count). The fourth-order valence-corrected chi connectivity index (χ4v) is 3.30. The number of hydrogen-bond donors (Lipinski definition) is 0. The van der Waals surface area contributed by atoms with Gasteiger partial charge in [0.25, 0.3) is 0 Å². The molecule has 3 heterocycles. The smallest absolute Gasteiger partial charge is 0.226 e. The molecular weight excluding hydrogens is 308 g/mol. The third kappa shape index (κ3) is 2.62. The lowest BCUT2D eigenvalue weighted by atomic mass is 9.99. The van der Waals surface area contributed by atoms with Gasteiger partial charge in [-0.15, -0.1) is 0 Å². The highest BCUT2D eigenvalue weighted by Gasteiger charge is 2.17. The minimum absolute atomic E-state index is 0.709. The van der Waals surface area contributed by atoms with Gasteiger partial charge in [-0.1, -0.05) is 29.8 Å². The highest BCUT2D eigenvalue weighted by atomic mass is 35.5. The van der Waals surface area contributed by atoms with Crippen LogP contribution >= 0.6 is 11.6 Å². The zero-order chi connectivity index (χ0) is 15.8. The Bertz CT molecular complexity index is 880. The molecule has 0 spiro atoms. The first-order chi connectivity index (χ1) is 11.2. The number of aryl methyl sites for hydroxylation is 1. The van der Waals surface area contributed by atoms with Gasteiger partial charge in [0, 0.05) is 23.5 Å². The van der Waals surface area contributed by atoms with Crippen molar-refractivity contribution in [1.82, 2.24) is 4.98 Å². The predicted octanol–water partition coefficient (Wildman–Crippen LogP) is 5.08. The molecule has 0 radical (unpaired) electrons. The van der Waals surface area contributed by atoms with Crippen LogP contribution in [0.4, 0.5) is 5.69 Å². The van der Waals surface area contributed by atoms with E-state index in [1.54, 1.807) is 6.26 Å². The van der Waals surface area contributed by atoms with Crippen LogP contribution in [-0.2, 0) is 0 Å². The maximum absolute atomic E-state index is 5.97. The van der Waals surface area contributed by atoms with Crippen molar-refractivity contribution in [2.45, 2.75) is 13.3 Å². The average molecular weight is 325 g/mol. The maximum Gasteiger partial charge on any atom is 0.226 e. The average Bonchev–Trinajstić information content (AvgIpc) is 3.06. The topological polar surface area (TPSA) is 29.3 Å². The summed E-state index contributed by atoms with van der Waals surface area (Å²) in [4.78, 5) is 6.79. The van der Waals surface area contributed by atoms with Crippen molar-refractivity contribution >= 4 is 34.0 Å². The Balaban J connectivity index is 1.60. The Kier molecular flexibility index (Phi) is 3.58. The Morgan fingerprint density at radius 3 is 2.74 bits per heavy atom. The molecule has 2 aromatic heterocycles. The molecule has 116 valence electrons. The first kappa shape index (κ1) is 14.3. The molecule has 0 atom stereocenters. The third-order valence-electron chi connectivity index (χ3n) is 4.50. The highest BCUT2D eigenvalue weighted by molar-refractivity contribution is 6.30. The number of anilines is 1. The number of rotatable bonds is 2. The summed E-state index contributed by atoms with van der Waals surface area (Å²) in [5.74, 6) is 0. The molecule has 0 N–H and O–H groups in total. The molecule has 4 heteroatoms. The van der Waals surface area contributed by atoms with Crippen molar-refractivity contribution in [1.29, 1.82) is 0 Å². The van der Waals surface area contributed by atoms with Gasteiger partial charge in [-0.3, -0.25) is 0 Å². The quantitative estimate of drug-likeness (QED) is 0.658. The molecule has 1 aromatic carbocycles. The summed E-state index contributed by atoms with van der Waals surface area (Å²) in [5.41, 5.74) is 5.76. The van der Waals surface area contributed by atoms with Crippen molar-refractivity contribution < 1.29 is 4.42 Å². The molecular formula is C19H17ClN2O. The SMILES string of the molecule is Cc1c(N2CC=C(c3ccc(Cl)cc3)CC2)cnc2occc12. The summed E-state index contributed by atoms with van der Waals surface area (Å²) < 4.78 is 5.37. The lowest BCUT2D eigenvalue weighted by molar-refractivity contribution is 0.603. The molecule has 0 bridgehead atoms. The van der Waals surface area contributed by atoms with Gasteiger partial charge >= 0.3 is 0 Å². The zero-order valence-electron chi connectivity index (χ0n) is 12.9. The van der Waals surface area contributed by atoms with E-state index in [4.69, 9.17) is 16.0 Å². The van der Waals surface area contributed by atoms with Crippen molar-refractivity contribution in [2.24, 2.45) is 0 Å². The predicted molar refractivity (Wildman–Crippen MR) is 95.0 cm³/mol. The Labute approximate surface area is 140 Å². The van der Waals surface area contributed by atoms with Crippen LogP contribution < -0.4 is 4.90 Å². The van der Waals surface area contributed by atoms with E-state index in [0.29, 0.717) is 5.71 Å². The van der Waals surface area contributed by atoms with Gasteiger partial charge < -0.3 is 9.32 Å². The van der Waals surface area contributed by atoms with E-state index in [-0.39, 0.29) is 0 Å². The second kappa shape index (κ2) is 5.74. The lowest BCUT2D eigenvalue weighted by Crippen LogP contribution is -2.29. The molecule has 0 aliphatic carbocycles. The Hall–Kier alpha value is -2.26. The number of benzene rings is 1. The summed E-state index contributed by atoms with van der Waals surface area (Å²) in [6.07, 6.45) is 6.93. The molecule has 3 nitrogen and oxygen atoms in total. The number of hydrogen-bond acceptors (Lipinski definition) is 3. The molecule has 3 aromatic rings. The van der Waals surface area contributed by atoms with E-state index < -0.39 is 0 Å². The fourth-order valence-electron chi connectivity index (χ4n) is 3.17. The third-order valence-corrected chi connectivity index (χ3v) is 4.75. The standard InChI is InChI=1S/C19H17ClN2O/c1-13-17-8-11-23-19(17)21-12-18(13)22-9-6-15(7-10-22)14-2-4-16(20)5-3-14/h2-6,8,11-12H,7,9-10H2,1H3. The van der Waals surface area contributed by atoms with Crippen LogP contribution in [-0.4, -0.2) is 18.1 Å². The number of furan rings is 1. The van der Waals surface area contributed by atoms with E-state index in [1.807, 2.05) is 24.4 Å². The van der Waals surface area contributed by atoms with Gasteiger partial charge in [0.2, 0.25) is 5.71 Å². The number of nitrogens with zero attached hydrogens (tertiary/aromatic N) is 2. The van der Waals surface area contributed by atoms with Crippen LogP contribution in [0.15, 0.2) is 53.3 Å². The molecule has 0 fully saturated rings. The van der Waals surface area contributed by atoms with E-state index in [1.165, 1.54) is 22.4 Å². The van der Waals surface area contributed by atoms with Gasteiger partial charge in [0.05, 0.1) is 18.1 Å². The molecule has 0 amide bonds. The molecule has 1 aliphatic rings. The largest absolute Gasteiger partial charge is 0.446 e. The summed E-state index contributed by atoms with van der Waals surface area (Å²) in [5, 5.41) is 1.87. The van der Waals surface area contributed by atoms with Crippen LogP contribution in [0.2, 0.25) is 5.02 Å². The van der Waals surface area contributed by atoms with Crippen LogP contribution in [0.3, 0.4) is 0 Å². The van der Waals surface area contributed by atoms with Crippen molar-refractivity contribution in [2.75, 3.05) is 18.0 Å². The van der Waals surface area contributed by atoms with Crippen LogP contribution in [0.25, 0.3) is 16.7 Å². The second-order valence-electron chi connectivity index (χ2n) is 5.84. The number of pyridine rings is 1. The van der Waals surface area contributed by atoms with Crippen LogP contribution in [0, 0.1) is 6.92 Å². The lowest BCUT2D eigenvalue weighted by Gasteiger charge is -2.29. The van der Waals surface area contributed by atoms with Crippen molar-refractivity contribution in [3.63, 3.8) is 0 Å². The van der Waals surface area contributed by atoms with Crippen molar-refractivity contribution in [3.05, 3.63) is 65.0 Å². The molecule has 23 heavy (non-hydrogen) atoms. The fraction of sp³-hybridized carbons (Fsp3) is 0.211. The first-order valence-electron chi connectivity index (χ1n) is 7.75. The number of halogens is 1. The number of fused-ring (bicyclic) bond motifs is 1. The van der Waals surface area contributed by atoms with E-state index in [2.05, 4.69) is 35.0 Å². The molecule has 0 unspecified atom stereocenters. The normalized spacial score (nSPS) is 15.0. The molecule has 1 aliphatic heterocycles. The second-order valence-corrected chi connectivity index (χ2v) is 6.28. The zero-order valence-corrected chi connectivity index (χ0v) is 13.7. The van der Waals surface area contributed by atoms with Gasteiger partial charge in [-0.25, -0.2) is 4.98 Å². The molecule has 0 saturated carbocycles. The maximum atomic E-state index is 5.97. The summed E-state index contributed by atoms with van der Waals surface area (Å²) in [7, 11) is 0. The summed E-state index contributed by atoms with van der Waals surface area (Å²) >= 11 is 5.97. The van der Waals surface area contributed by atoms with Gasteiger partial charge in [-0.05, 0) is 48.2 Å². The van der Waals surface area contributed by atoms with Crippen LogP contribution in [0.5, 0.6) is 0 Å². The molecule has 0 saturated heterocycles. The van der Waals surface area contributed by atoms with Crippen LogP contribution in [0.1, 0.15) is 17.5 Å². The van der Waals surface area contributed by atoms with Crippen molar-refractivity contribution in [3.8, 4) is 0 Å². The number of aromatic nitrogens is 1. The first-order valence-corrected chi connectivity index (χ1v) is 8.13. The van der Waals surface area contributed by atoms with E-state index in [0.717, 1.165) is 29.9 Å². The minimum Gasteiger partial charge on any atom is -0.446 e. The van der Waals surface area contributed by atoms with Gasteiger partial charge in [0.1, 0.15) is 0 Å². The van der Waals surface area contributed by atoms with E-state index >= 15 is 0 Å². The summed E-state index contributed by atoms with van der Waals surface area (Å²) in [6, 6.07) is 10.1. The highest BCUT2D eigenvalue weighted by Crippen LogP contribution is 2.31. The van der Waals surface area contributed by atoms with Gasteiger partial charge in [0.15, 0.2) is 0 Å². The Morgan fingerprint density at radius 2 is 2.00 bits per heavy atom. The summed E-state index contributed by atoms with van der Waals surface area (Å²) in [6.45, 7) is 4.01.